The van der Waals surface area contributed by atoms with Crippen molar-refractivity contribution < 1.29 is 9.47 Å². The van der Waals surface area contributed by atoms with E-state index in [1.54, 1.807) is 6.20 Å². The topological polar surface area (TPSA) is 63.9 Å². The van der Waals surface area contributed by atoms with Gasteiger partial charge in [0, 0.05) is 45.7 Å². The smallest absolute Gasteiger partial charge is 0.193 e. The van der Waals surface area contributed by atoms with Gasteiger partial charge < -0.3 is 19.7 Å². The maximum Gasteiger partial charge on any atom is 0.193 e. The number of guanidine groups is 1. The van der Waals surface area contributed by atoms with E-state index >= 15 is 0 Å². The van der Waals surface area contributed by atoms with Crippen molar-refractivity contribution in [3.8, 4) is 5.69 Å². The number of nitrogens with zero attached hydrogens (tertiary/aromatic N) is 4. The number of hydrogen-bond donors (Lipinski definition) is 1. The third kappa shape index (κ3) is 5.61. The van der Waals surface area contributed by atoms with Crippen LogP contribution >= 0.6 is 0 Å². The lowest BCUT2D eigenvalue weighted by molar-refractivity contribution is -0.0721. The molecule has 0 spiro atoms. The summed E-state index contributed by atoms with van der Waals surface area (Å²) < 4.78 is 13.8. The van der Waals surface area contributed by atoms with Crippen LogP contribution in [0.25, 0.3) is 5.69 Å². The second-order valence-electron chi connectivity index (χ2n) is 8.03. The van der Waals surface area contributed by atoms with Crippen molar-refractivity contribution in [3.05, 3.63) is 48.3 Å². The summed E-state index contributed by atoms with van der Waals surface area (Å²) in [7, 11) is 1.85. The van der Waals surface area contributed by atoms with Gasteiger partial charge in [-0.25, -0.2) is 4.68 Å². The second-order valence-corrected chi connectivity index (χ2v) is 8.03. The van der Waals surface area contributed by atoms with Crippen molar-refractivity contribution in [2.75, 3.05) is 33.4 Å². The van der Waals surface area contributed by atoms with Gasteiger partial charge in [-0.05, 0) is 55.9 Å². The number of nitrogens with one attached hydrogen (secondary N) is 1. The van der Waals surface area contributed by atoms with Crippen molar-refractivity contribution in [1.29, 1.82) is 0 Å². The summed E-state index contributed by atoms with van der Waals surface area (Å²) in [6.07, 6.45) is 10.0. The Morgan fingerprint density at radius 2 is 2.03 bits per heavy atom. The van der Waals surface area contributed by atoms with Crippen LogP contribution in [0.2, 0.25) is 0 Å². The molecule has 1 N–H and O–H groups in total. The molecule has 1 atom stereocenters. The quantitative estimate of drug-likeness (QED) is 0.585. The Morgan fingerprint density at radius 1 is 1.20 bits per heavy atom. The molecular formula is C23H33N5O2. The third-order valence-electron chi connectivity index (χ3n) is 5.90. The van der Waals surface area contributed by atoms with E-state index in [2.05, 4.69) is 44.6 Å². The van der Waals surface area contributed by atoms with E-state index in [1.165, 1.54) is 18.4 Å². The van der Waals surface area contributed by atoms with Crippen LogP contribution < -0.4 is 5.32 Å². The Bertz CT molecular complexity index is 776. The summed E-state index contributed by atoms with van der Waals surface area (Å²) >= 11 is 0. The van der Waals surface area contributed by atoms with Gasteiger partial charge in [-0.2, -0.15) is 5.10 Å². The molecule has 1 unspecified atom stereocenters. The minimum Gasteiger partial charge on any atom is -0.376 e. The largest absolute Gasteiger partial charge is 0.376 e. The highest BCUT2D eigenvalue weighted by molar-refractivity contribution is 5.80. The van der Waals surface area contributed by atoms with Crippen LogP contribution in [0.1, 0.15) is 37.7 Å². The number of hydrogen-bond acceptors (Lipinski definition) is 4. The van der Waals surface area contributed by atoms with Crippen LogP contribution in [-0.2, 0) is 16.0 Å². The minimum absolute atomic E-state index is 0.297. The molecule has 2 saturated heterocycles. The highest BCUT2D eigenvalue weighted by Gasteiger charge is 2.23. The number of likely N-dealkylation sites (tertiary alicyclic amines) is 1. The molecule has 2 aromatic rings. The molecule has 0 amide bonds. The summed E-state index contributed by atoms with van der Waals surface area (Å²) in [5, 5.41) is 7.77. The molecule has 7 heteroatoms. The van der Waals surface area contributed by atoms with Crippen molar-refractivity contribution in [2.24, 2.45) is 4.99 Å². The van der Waals surface area contributed by atoms with Crippen LogP contribution in [0.15, 0.2) is 47.7 Å². The Balaban J connectivity index is 1.20. The molecule has 0 bridgehead atoms. The first-order chi connectivity index (χ1) is 14.8. The van der Waals surface area contributed by atoms with E-state index in [4.69, 9.17) is 9.47 Å². The first kappa shape index (κ1) is 20.9. The zero-order valence-corrected chi connectivity index (χ0v) is 17.9. The third-order valence-corrected chi connectivity index (χ3v) is 5.90. The van der Waals surface area contributed by atoms with E-state index in [0.717, 1.165) is 63.8 Å². The van der Waals surface area contributed by atoms with Crippen LogP contribution in [0, 0.1) is 0 Å². The summed E-state index contributed by atoms with van der Waals surface area (Å²) in [4.78, 5) is 6.81. The van der Waals surface area contributed by atoms with E-state index in [-0.39, 0.29) is 0 Å². The Hall–Kier alpha value is -2.38. The fourth-order valence-electron chi connectivity index (χ4n) is 4.12. The monoisotopic (exact) mass is 411 g/mol. The predicted octanol–water partition coefficient (Wildman–Crippen LogP) is 3.00. The second kappa shape index (κ2) is 10.6. The highest BCUT2D eigenvalue weighted by Crippen LogP contribution is 2.18. The van der Waals surface area contributed by atoms with Crippen molar-refractivity contribution in [1.82, 2.24) is 20.0 Å². The number of benzene rings is 1. The first-order valence-electron chi connectivity index (χ1n) is 11.1. The fourth-order valence-corrected chi connectivity index (χ4v) is 4.12. The van der Waals surface area contributed by atoms with E-state index < -0.39 is 0 Å². The molecule has 0 radical (unpaired) electrons. The summed E-state index contributed by atoms with van der Waals surface area (Å²) in [5.41, 5.74) is 2.28. The zero-order chi connectivity index (χ0) is 20.6. The molecule has 2 aliphatic heterocycles. The Morgan fingerprint density at radius 3 is 2.70 bits per heavy atom. The van der Waals surface area contributed by atoms with Crippen LogP contribution in [0.3, 0.4) is 0 Å². The highest BCUT2D eigenvalue weighted by atomic mass is 16.5. The molecule has 30 heavy (non-hydrogen) atoms. The maximum atomic E-state index is 6.14. The summed E-state index contributed by atoms with van der Waals surface area (Å²) in [5.74, 6) is 0.959. The molecule has 0 aliphatic carbocycles. The van der Waals surface area contributed by atoms with E-state index in [0.29, 0.717) is 12.2 Å². The Kier molecular flexibility index (Phi) is 7.37. The first-order valence-corrected chi connectivity index (χ1v) is 11.1. The van der Waals surface area contributed by atoms with E-state index in [9.17, 15) is 0 Å². The average Bonchev–Trinajstić information content (AvgIpc) is 3.35. The summed E-state index contributed by atoms with van der Waals surface area (Å²) in [6, 6.07) is 10.4. The van der Waals surface area contributed by atoms with Gasteiger partial charge in [0.15, 0.2) is 5.96 Å². The lowest BCUT2D eigenvalue weighted by Crippen LogP contribution is -2.47. The molecular weight excluding hydrogens is 378 g/mol. The van der Waals surface area contributed by atoms with Gasteiger partial charge in [0.25, 0.3) is 0 Å². The normalized spacial score (nSPS) is 21.0. The van der Waals surface area contributed by atoms with Crippen molar-refractivity contribution in [2.45, 2.75) is 50.9 Å². The number of aromatic nitrogens is 2. The molecule has 3 heterocycles. The van der Waals surface area contributed by atoms with E-state index in [1.807, 2.05) is 24.0 Å². The van der Waals surface area contributed by atoms with Gasteiger partial charge in [0.2, 0.25) is 0 Å². The molecule has 1 aromatic carbocycles. The Labute approximate surface area is 179 Å². The lowest BCUT2D eigenvalue weighted by atomic mass is 10.1. The van der Waals surface area contributed by atoms with Gasteiger partial charge in [0.05, 0.1) is 24.5 Å². The van der Waals surface area contributed by atoms with Crippen LogP contribution in [0.5, 0.6) is 0 Å². The van der Waals surface area contributed by atoms with Crippen molar-refractivity contribution in [3.63, 3.8) is 0 Å². The predicted molar refractivity (Wildman–Crippen MR) is 118 cm³/mol. The van der Waals surface area contributed by atoms with Crippen LogP contribution in [0.4, 0.5) is 0 Å². The number of ether oxygens (including phenoxy) is 2. The minimum atomic E-state index is 0.297. The molecule has 0 saturated carbocycles. The standard InChI is InChI=1S/C23H33N5O2/c1-24-23(25-17-19-6-8-20(9-7-19)28-13-4-12-26-28)27-14-10-21(11-15-27)30-18-22-5-2-3-16-29-22/h4,6-9,12-13,21-22H,2-3,5,10-11,14-18H2,1H3,(H,24,25). The molecule has 7 nitrogen and oxygen atoms in total. The molecule has 4 rings (SSSR count). The lowest BCUT2D eigenvalue weighted by Gasteiger charge is -2.35. The zero-order valence-electron chi connectivity index (χ0n) is 17.9. The molecule has 2 fully saturated rings. The van der Waals surface area contributed by atoms with Crippen molar-refractivity contribution >= 4 is 5.96 Å². The fraction of sp³-hybridized carbons (Fsp3) is 0.565. The number of piperidine rings is 1. The van der Waals surface area contributed by atoms with Gasteiger partial charge >= 0.3 is 0 Å². The summed E-state index contributed by atoms with van der Waals surface area (Å²) in [6.45, 7) is 4.32. The van der Waals surface area contributed by atoms with Crippen LogP contribution in [-0.4, -0.2) is 66.2 Å². The van der Waals surface area contributed by atoms with Gasteiger partial charge in [-0.1, -0.05) is 12.1 Å². The molecule has 162 valence electrons. The molecule has 2 aliphatic rings. The average molecular weight is 412 g/mol. The number of rotatable bonds is 6. The SMILES string of the molecule is CN=C(NCc1ccc(-n2cccn2)cc1)N1CCC(OCC2CCCCO2)CC1. The molecule has 1 aromatic heterocycles. The maximum absolute atomic E-state index is 6.14. The number of aliphatic imine (C=N–C) groups is 1. The van der Waals surface area contributed by atoms with Gasteiger partial charge in [-0.3, -0.25) is 4.99 Å². The van der Waals surface area contributed by atoms with Gasteiger partial charge in [-0.15, -0.1) is 0 Å². The van der Waals surface area contributed by atoms with Gasteiger partial charge in [0.1, 0.15) is 0 Å².